The van der Waals surface area contributed by atoms with Gasteiger partial charge in [0.15, 0.2) is 0 Å². The summed E-state index contributed by atoms with van der Waals surface area (Å²) in [6.07, 6.45) is 2.11. The van der Waals surface area contributed by atoms with E-state index in [-0.39, 0.29) is 6.10 Å². The molecule has 2 nitrogen and oxygen atoms in total. The minimum atomic E-state index is -0.355. The number of hydrogen-bond acceptors (Lipinski definition) is 2. The molecule has 0 spiro atoms. The van der Waals surface area contributed by atoms with E-state index < -0.39 is 0 Å². The fourth-order valence-electron chi connectivity index (χ4n) is 2.20. The Morgan fingerprint density at radius 3 is 2.33 bits per heavy atom. The summed E-state index contributed by atoms with van der Waals surface area (Å²) >= 11 is 0. The Bertz CT molecular complexity index is 299. The summed E-state index contributed by atoms with van der Waals surface area (Å²) in [6.45, 7) is 4.06. The molecule has 1 aromatic rings. The van der Waals surface area contributed by atoms with E-state index in [1.165, 1.54) is 18.4 Å². The molecule has 0 unspecified atom stereocenters. The van der Waals surface area contributed by atoms with Crippen LogP contribution in [0.15, 0.2) is 24.3 Å². The summed E-state index contributed by atoms with van der Waals surface area (Å²) in [5.74, 6) is 0.703. The van der Waals surface area contributed by atoms with Crippen LogP contribution in [0.2, 0.25) is 0 Å². The van der Waals surface area contributed by atoms with Crippen LogP contribution in [0.25, 0.3) is 0 Å². The number of aliphatic hydroxyl groups excluding tert-OH is 1. The quantitative estimate of drug-likeness (QED) is 0.776. The first-order chi connectivity index (χ1) is 7.27. The standard InChI is InChI=1S/C13H19NO/c1-10(15)11-2-4-12(5-3-11)13-6-8-14-9-7-13/h2-5,10,13-15H,6-9H2,1H3/t10-/m0/s1. The van der Waals surface area contributed by atoms with Gasteiger partial charge in [-0.2, -0.15) is 0 Å². The Morgan fingerprint density at radius 2 is 1.80 bits per heavy atom. The normalized spacial score (nSPS) is 20.1. The van der Waals surface area contributed by atoms with Gasteiger partial charge in [0.1, 0.15) is 0 Å². The van der Waals surface area contributed by atoms with Crippen LogP contribution in [0.1, 0.15) is 42.9 Å². The fourth-order valence-corrected chi connectivity index (χ4v) is 2.20. The second-order valence-corrected chi connectivity index (χ2v) is 4.37. The maximum absolute atomic E-state index is 9.41. The van der Waals surface area contributed by atoms with E-state index >= 15 is 0 Å². The van der Waals surface area contributed by atoms with Gasteiger partial charge in [-0.3, -0.25) is 0 Å². The Balaban J connectivity index is 2.08. The average Bonchev–Trinajstić information content (AvgIpc) is 2.30. The summed E-state index contributed by atoms with van der Waals surface area (Å²) in [6, 6.07) is 8.42. The van der Waals surface area contributed by atoms with Crippen molar-refractivity contribution in [2.45, 2.75) is 31.8 Å². The van der Waals surface area contributed by atoms with Crippen molar-refractivity contribution < 1.29 is 5.11 Å². The fraction of sp³-hybridized carbons (Fsp3) is 0.538. The van der Waals surface area contributed by atoms with Gasteiger partial charge in [-0.1, -0.05) is 24.3 Å². The zero-order chi connectivity index (χ0) is 10.7. The van der Waals surface area contributed by atoms with Gasteiger partial charge in [0.2, 0.25) is 0 Å². The third-order valence-corrected chi connectivity index (χ3v) is 3.23. The van der Waals surface area contributed by atoms with Gasteiger partial charge in [0, 0.05) is 0 Å². The number of nitrogens with one attached hydrogen (secondary N) is 1. The van der Waals surface area contributed by atoms with Gasteiger partial charge < -0.3 is 10.4 Å². The third-order valence-electron chi connectivity index (χ3n) is 3.23. The second-order valence-electron chi connectivity index (χ2n) is 4.37. The maximum atomic E-state index is 9.41. The maximum Gasteiger partial charge on any atom is 0.0761 e. The summed E-state index contributed by atoms with van der Waals surface area (Å²) in [5, 5.41) is 12.8. The molecule has 0 aliphatic carbocycles. The molecular formula is C13H19NO. The predicted molar refractivity (Wildman–Crippen MR) is 61.9 cm³/mol. The molecule has 1 fully saturated rings. The van der Waals surface area contributed by atoms with Gasteiger partial charge in [-0.15, -0.1) is 0 Å². The highest BCUT2D eigenvalue weighted by Crippen LogP contribution is 2.26. The molecule has 1 aliphatic heterocycles. The summed E-state index contributed by atoms with van der Waals surface area (Å²) < 4.78 is 0. The Kier molecular flexibility index (Phi) is 3.39. The lowest BCUT2D eigenvalue weighted by atomic mass is 9.89. The van der Waals surface area contributed by atoms with Gasteiger partial charge >= 0.3 is 0 Å². The van der Waals surface area contributed by atoms with E-state index in [0.29, 0.717) is 5.92 Å². The summed E-state index contributed by atoms with van der Waals surface area (Å²) in [7, 11) is 0. The molecule has 15 heavy (non-hydrogen) atoms. The minimum absolute atomic E-state index is 0.355. The monoisotopic (exact) mass is 205 g/mol. The van der Waals surface area contributed by atoms with Gasteiger partial charge in [-0.25, -0.2) is 0 Å². The molecular weight excluding hydrogens is 186 g/mol. The largest absolute Gasteiger partial charge is 0.389 e. The van der Waals surface area contributed by atoms with E-state index in [1.54, 1.807) is 6.92 Å². The molecule has 1 atom stereocenters. The molecule has 1 aliphatic rings. The molecule has 82 valence electrons. The molecule has 1 aromatic carbocycles. The van der Waals surface area contributed by atoms with Crippen molar-refractivity contribution >= 4 is 0 Å². The van der Waals surface area contributed by atoms with Crippen LogP contribution in [0.4, 0.5) is 0 Å². The Labute approximate surface area is 91.3 Å². The average molecular weight is 205 g/mol. The van der Waals surface area contributed by atoms with E-state index in [2.05, 4.69) is 17.4 Å². The molecule has 0 radical (unpaired) electrons. The molecule has 0 amide bonds. The van der Waals surface area contributed by atoms with E-state index in [4.69, 9.17) is 0 Å². The zero-order valence-corrected chi connectivity index (χ0v) is 9.24. The SMILES string of the molecule is C[C@H](O)c1ccc(C2CCNCC2)cc1. The minimum Gasteiger partial charge on any atom is -0.389 e. The number of benzene rings is 1. The van der Waals surface area contributed by atoms with Crippen molar-refractivity contribution in [3.8, 4) is 0 Å². The smallest absolute Gasteiger partial charge is 0.0761 e. The van der Waals surface area contributed by atoms with Crippen molar-refractivity contribution in [2.24, 2.45) is 0 Å². The number of aliphatic hydroxyl groups is 1. The van der Waals surface area contributed by atoms with Crippen LogP contribution in [0.5, 0.6) is 0 Å². The highest BCUT2D eigenvalue weighted by Gasteiger charge is 2.14. The highest BCUT2D eigenvalue weighted by molar-refractivity contribution is 5.26. The van der Waals surface area contributed by atoms with Gasteiger partial charge in [0.05, 0.1) is 6.10 Å². The topological polar surface area (TPSA) is 32.3 Å². The van der Waals surface area contributed by atoms with E-state index in [0.717, 1.165) is 18.7 Å². The summed E-state index contributed by atoms with van der Waals surface area (Å²) in [5.41, 5.74) is 2.42. The van der Waals surface area contributed by atoms with Crippen LogP contribution in [0.3, 0.4) is 0 Å². The molecule has 0 bridgehead atoms. The lowest BCUT2D eigenvalue weighted by molar-refractivity contribution is 0.199. The number of hydrogen-bond donors (Lipinski definition) is 2. The molecule has 2 N–H and O–H groups in total. The van der Waals surface area contributed by atoms with Gasteiger partial charge in [0.25, 0.3) is 0 Å². The summed E-state index contributed by atoms with van der Waals surface area (Å²) in [4.78, 5) is 0. The van der Waals surface area contributed by atoms with Crippen molar-refractivity contribution in [1.82, 2.24) is 5.32 Å². The Hall–Kier alpha value is -0.860. The van der Waals surface area contributed by atoms with E-state index in [1.807, 2.05) is 12.1 Å². The second kappa shape index (κ2) is 4.77. The first-order valence-corrected chi connectivity index (χ1v) is 5.76. The van der Waals surface area contributed by atoms with Crippen LogP contribution >= 0.6 is 0 Å². The lowest BCUT2D eigenvalue weighted by Crippen LogP contribution is -2.26. The molecule has 2 heteroatoms. The first kappa shape index (κ1) is 10.7. The lowest BCUT2D eigenvalue weighted by Gasteiger charge is -2.23. The first-order valence-electron chi connectivity index (χ1n) is 5.76. The molecule has 0 saturated carbocycles. The Morgan fingerprint density at radius 1 is 1.20 bits per heavy atom. The van der Waals surface area contributed by atoms with E-state index in [9.17, 15) is 5.11 Å². The number of piperidine rings is 1. The van der Waals surface area contributed by atoms with Gasteiger partial charge in [-0.05, 0) is 49.9 Å². The van der Waals surface area contributed by atoms with Crippen LogP contribution < -0.4 is 5.32 Å². The van der Waals surface area contributed by atoms with Crippen molar-refractivity contribution in [1.29, 1.82) is 0 Å². The zero-order valence-electron chi connectivity index (χ0n) is 9.24. The molecule has 1 heterocycles. The van der Waals surface area contributed by atoms with Crippen molar-refractivity contribution in [3.63, 3.8) is 0 Å². The molecule has 0 aromatic heterocycles. The molecule has 1 saturated heterocycles. The van der Waals surface area contributed by atoms with Crippen molar-refractivity contribution in [2.75, 3.05) is 13.1 Å². The number of rotatable bonds is 2. The van der Waals surface area contributed by atoms with Crippen molar-refractivity contribution in [3.05, 3.63) is 35.4 Å². The van der Waals surface area contributed by atoms with Crippen LogP contribution in [0, 0.1) is 0 Å². The highest BCUT2D eigenvalue weighted by atomic mass is 16.3. The third kappa shape index (κ3) is 2.58. The van der Waals surface area contributed by atoms with Crippen LogP contribution in [-0.2, 0) is 0 Å². The van der Waals surface area contributed by atoms with Crippen LogP contribution in [-0.4, -0.2) is 18.2 Å². The molecule has 2 rings (SSSR count). The predicted octanol–water partition coefficient (Wildman–Crippen LogP) is 2.21.